The highest BCUT2D eigenvalue weighted by Gasteiger charge is 2.37. The van der Waals surface area contributed by atoms with Crippen LogP contribution in [0.5, 0.6) is 0 Å². The molecule has 1 N–H and O–H groups in total. The zero-order valence-electron chi connectivity index (χ0n) is 10.8. The molecule has 5 heteroatoms. The lowest BCUT2D eigenvalue weighted by Gasteiger charge is -2.37. The summed E-state index contributed by atoms with van der Waals surface area (Å²) in [6, 6.07) is 2.47. The molecule has 0 bridgehead atoms. The van der Waals surface area contributed by atoms with E-state index in [-0.39, 0.29) is 12.0 Å². The second kappa shape index (κ2) is 5.77. The molecular formula is C14H19BrN2O2. The van der Waals surface area contributed by atoms with Crippen molar-refractivity contribution in [2.24, 2.45) is 5.92 Å². The van der Waals surface area contributed by atoms with Crippen molar-refractivity contribution < 1.29 is 9.84 Å². The van der Waals surface area contributed by atoms with Crippen LogP contribution in [-0.2, 0) is 4.74 Å². The molecule has 2 saturated heterocycles. The first kappa shape index (κ1) is 13.3. The fraction of sp³-hybridized carbons (Fsp3) is 0.643. The molecule has 19 heavy (non-hydrogen) atoms. The predicted octanol–water partition coefficient (Wildman–Crippen LogP) is 2.21. The molecule has 4 nitrogen and oxygen atoms in total. The maximum absolute atomic E-state index is 10.2. The number of halogens is 1. The second-order valence-corrected chi connectivity index (χ2v) is 6.27. The van der Waals surface area contributed by atoms with Crippen molar-refractivity contribution in [3.05, 3.63) is 22.9 Å². The highest BCUT2D eigenvalue weighted by atomic mass is 79.9. The molecular weight excluding hydrogens is 308 g/mol. The minimum absolute atomic E-state index is 0.218. The van der Waals surface area contributed by atoms with Gasteiger partial charge in [0.05, 0.1) is 24.6 Å². The maximum atomic E-state index is 10.2. The number of aliphatic hydroxyl groups excluding tert-OH is 1. The van der Waals surface area contributed by atoms with E-state index < -0.39 is 0 Å². The summed E-state index contributed by atoms with van der Waals surface area (Å²) in [6.07, 6.45) is 6.51. The Morgan fingerprint density at radius 2 is 2.26 bits per heavy atom. The molecule has 0 aliphatic carbocycles. The first-order valence-electron chi connectivity index (χ1n) is 6.89. The Morgan fingerprint density at radius 1 is 1.37 bits per heavy atom. The Balaban J connectivity index is 1.81. The summed E-state index contributed by atoms with van der Waals surface area (Å²) in [7, 11) is 0. The molecule has 2 fully saturated rings. The van der Waals surface area contributed by atoms with Crippen molar-refractivity contribution in [2.45, 2.75) is 31.4 Å². The van der Waals surface area contributed by atoms with E-state index in [1.807, 2.05) is 6.20 Å². The van der Waals surface area contributed by atoms with E-state index in [4.69, 9.17) is 4.74 Å². The zero-order chi connectivity index (χ0) is 13.2. The fourth-order valence-electron chi connectivity index (χ4n) is 3.23. The van der Waals surface area contributed by atoms with Gasteiger partial charge in [-0.25, -0.2) is 0 Å². The first-order chi connectivity index (χ1) is 9.25. The molecule has 0 spiro atoms. The summed E-state index contributed by atoms with van der Waals surface area (Å²) in [4.78, 5) is 6.62. The van der Waals surface area contributed by atoms with Gasteiger partial charge in [-0.1, -0.05) is 0 Å². The van der Waals surface area contributed by atoms with Gasteiger partial charge in [-0.3, -0.25) is 4.98 Å². The highest BCUT2D eigenvalue weighted by molar-refractivity contribution is 9.10. The zero-order valence-corrected chi connectivity index (χ0v) is 12.4. The molecule has 3 atom stereocenters. The second-order valence-electron chi connectivity index (χ2n) is 5.36. The summed E-state index contributed by atoms with van der Waals surface area (Å²) < 4.78 is 6.56. The lowest BCUT2D eigenvalue weighted by atomic mass is 9.89. The van der Waals surface area contributed by atoms with Crippen LogP contribution in [0.25, 0.3) is 0 Å². The summed E-state index contributed by atoms with van der Waals surface area (Å²) in [6.45, 7) is 2.39. The monoisotopic (exact) mass is 326 g/mol. The minimum Gasteiger partial charge on any atom is -0.393 e. The predicted molar refractivity (Wildman–Crippen MR) is 77.2 cm³/mol. The van der Waals surface area contributed by atoms with Gasteiger partial charge in [-0.2, -0.15) is 0 Å². The van der Waals surface area contributed by atoms with Crippen LogP contribution in [0.3, 0.4) is 0 Å². The van der Waals surface area contributed by atoms with E-state index in [0.717, 1.165) is 29.5 Å². The Morgan fingerprint density at radius 3 is 3.05 bits per heavy atom. The van der Waals surface area contributed by atoms with Crippen LogP contribution in [0.1, 0.15) is 19.3 Å². The fourth-order valence-corrected chi connectivity index (χ4v) is 3.58. The third kappa shape index (κ3) is 2.78. The average molecular weight is 327 g/mol. The average Bonchev–Trinajstić information content (AvgIpc) is 2.88. The molecule has 2 aliphatic heterocycles. The van der Waals surface area contributed by atoms with Crippen molar-refractivity contribution in [2.75, 3.05) is 24.7 Å². The Kier molecular flexibility index (Phi) is 4.05. The van der Waals surface area contributed by atoms with Gasteiger partial charge < -0.3 is 14.7 Å². The molecule has 0 amide bonds. The highest BCUT2D eigenvalue weighted by Crippen LogP contribution is 2.33. The number of hydrogen-bond donors (Lipinski definition) is 1. The Labute approximate surface area is 121 Å². The van der Waals surface area contributed by atoms with Gasteiger partial charge >= 0.3 is 0 Å². The van der Waals surface area contributed by atoms with Crippen LogP contribution in [0.2, 0.25) is 0 Å². The molecule has 0 saturated carbocycles. The van der Waals surface area contributed by atoms with Crippen molar-refractivity contribution >= 4 is 21.6 Å². The number of ether oxygens (including phenoxy) is 1. The minimum atomic E-state index is -0.237. The number of aliphatic hydroxyl groups is 1. The topological polar surface area (TPSA) is 45.6 Å². The Hall–Kier alpha value is -0.650. The van der Waals surface area contributed by atoms with Crippen LogP contribution in [0, 0.1) is 5.92 Å². The quantitative estimate of drug-likeness (QED) is 0.905. The third-order valence-electron chi connectivity index (χ3n) is 4.18. The van der Waals surface area contributed by atoms with Crippen molar-refractivity contribution in [1.29, 1.82) is 0 Å². The third-order valence-corrected chi connectivity index (χ3v) is 4.61. The molecule has 104 valence electrons. The van der Waals surface area contributed by atoms with E-state index in [9.17, 15) is 5.11 Å². The SMILES string of the molecule is O[C@@H]1CCOC[C@H]1[C@H]1CCCN1c1cncc(Br)c1. The smallest absolute Gasteiger partial charge is 0.0632 e. The van der Waals surface area contributed by atoms with Crippen LogP contribution >= 0.6 is 15.9 Å². The molecule has 3 heterocycles. The van der Waals surface area contributed by atoms with Gasteiger partial charge in [0.2, 0.25) is 0 Å². The Bertz CT molecular complexity index is 443. The number of nitrogens with zero attached hydrogens (tertiary/aromatic N) is 2. The van der Waals surface area contributed by atoms with Gasteiger partial charge in [0, 0.05) is 35.8 Å². The van der Waals surface area contributed by atoms with Gasteiger partial charge in [0.1, 0.15) is 0 Å². The lowest BCUT2D eigenvalue weighted by Crippen LogP contribution is -2.46. The lowest BCUT2D eigenvalue weighted by molar-refractivity contribution is -0.0437. The van der Waals surface area contributed by atoms with Crippen LogP contribution in [-0.4, -0.2) is 42.0 Å². The van der Waals surface area contributed by atoms with Crippen LogP contribution in [0.4, 0.5) is 5.69 Å². The molecule has 2 aliphatic rings. The molecule has 1 aromatic rings. The van der Waals surface area contributed by atoms with Crippen molar-refractivity contribution in [3.63, 3.8) is 0 Å². The summed E-state index contributed by atoms with van der Waals surface area (Å²) in [5.74, 6) is 0.218. The largest absolute Gasteiger partial charge is 0.393 e. The van der Waals surface area contributed by atoms with E-state index in [0.29, 0.717) is 19.3 Å². The number of aromatic nitrogens is 1. The van der Waals surface area contributed by atoms with E-state index in [1.165, 1.54) is 6.42 Å². The molecule has 0 unspecified atom stereocenters. The van der Waals surface area contributed by atoms with E-state index in [2.05, 4.69) is 31.9 Å². The van der Waals surface area contributed by atoms with E-state index in [1.54, 1.807) is 6.20 Å². The summed E-state index contributed by atoms with van der Waals surface area (Å²) in [5.41, 5.74) is 1.13. The first-order valence-corrected chi connectivity index (χ1v) is 7.68. The number of hydrogen-bond acceptors (Lipinski definition) is 4. The van der Waals surface area contributed by atoms with E-state index >= 15 is 0 Å². The number of anilines is 1. The van der Waals surface area contributed by atoms with Gasteiger partial charge in [0.25, 0.3) is 0 Å². The van der Waals surface area contributed by atoms with Crippen molar-refractivity contribution in [3.8, 4) is 0 Å². The van der Waals surface area contributed by atoms with Gasteiger partial charge in [0.15, 0.2) is 0 Å². The van der Waals surface area contributed by atoms with Crippen LogP contribution < -0.4 is 4.90 Å². The molecule has 0 aromatic carbocycles. The molecule has 3 rings (SSSR count). The van der Waals surface area contributed by atoms with Gasteiger partial charge in [-0.05, 0) is 41.3 Å². The molecule has 1 aromatic heterocycles. The maximum Gasteiger partial charge on any atom is 0.0632 e. The summed E-state index contributed by atoms with van der Waals surface area (Å²) in [5, 5.41) is 10.2. The van der Waals surface area contributed by atoms with Crippen molar-refractivity contribution in [1.82, 2.24) is 4.98 Å². The van der Waals surface area contributed by atoms with Gasteiger partial charge in [-0.15, -0.1) is 0 Å². The van der Waals surface area contributed by atoms with Crippen LogP contribution in [0.15, 0.2) is 22.9 Å². The normalized spacial score (nSPS) is 31.7. The standard InChI is InChI=1S/C14H19BrN2O2/c15-10-6-11(8-16-7-10)17-4-1-2-13(17)12-9-19-5-3-14(12)18/h6-8,12-14,18H,1-5,9H2/t12-,13+,14+/m0/s1. The number of rotatable bonds is 2. The molecule has 0 radical (unpaired) electrons. The number of pyridine rings is 1. The summed E-state index contributed by atoms with van der Waals surface area (Å²) >= 11 is 3.47.